The molecule has 20 heavy (non-hydrogen) atoms. The molecule has 1 N–H and O–H groups in total. The third-order valence-electron chi connectivity index (χ3n) is 3.76. The van der Waals surface area contributed by atoms with Crippen LogP contribution in [0.4, 0.5) is 0 Å². The summed E-state index contributed by atoms with van der Waals surface area (Å²) < 4.78 is 1.94. The zero-order chi connectivity index (χ0) is 14.6. The molecular weight excluding hydrogens is 250 g/mol. The first-order valence-corrected chi connectivity index (χ1v) is 7.04. The summed E-state index contributed by atoms with van der Waals surface area (Å²) in [6, 6.07) is 10.7. The van der Waals surface area contributed by atoms with Gasteiger partial charge in [-0.05, 0) is 56.7 Å². The van der Waals surface area contributed by atoms with Crippen molar-refractivity contribution in [2.75, 3.05) is 7.05 Å². The molecule has 5 heteroatoms. The van der Waals surface area contributed by atoms with Crippen molar-refractivity contribution in [2.45, 2.75) is 45.2 Å². The molecule has 0 aliphatic carbocycles. The topological polar surface area (TPSA) is 55.6 Å². The van der Waals surface area contributed by atoms with Crippen molar-refractivity contribution < 1.29 is 0 Å². The van der Waals surface area contributed by atoms with E-state index >= 15 is 0 Å². The van der Waals surface area contributed by atoms with Crippen molar-refractivity contribution in [3.05, 3.63) is 41.7 Å². The highest BCUT2D eigenvalue weighted by atomic mass is 15.6. The standard InChI is InChI=1S/C15H23N5/c1-12(16-4)14-17-18-19-20(14)15(2,3)11-10-13-8-6-5-7-9-13/h5-9,12,16H,10-11H2,1-4H3. The lowest BCUT2D eigenvalue weighted by molar-refractivity contribution is 0.273. The zero-order valence-electron chi connectivity index (χ0n) is 12.7. The van der Waals surface area contributed by atoms with Gasteiger partial charge in [-0.1, -0.05) is 30.3 Å². The molecule has 1 unspecified atom stereocenters. The van der Waals surface area contributed by atoms with Crippen LogP contribution in [0.25, 0.3) is 0 Å². The van der Waals surface area contributed by atoms with Crippen molar-refractivity contribution in [3.63, 3.8) is 0 Å². The molecule has 0 bridgehead atoms. The molecule has 0 aliphatic heterocycles. The van der Waals surface area contributed by atoms with Gasteiger partial charge in [0.1, 0.15) is 0 Å². The van der Waals surface area contributed by atoms with E-state index in [2.05, 4.69) is 65.9 Å². The summed E-state index contributed by atoms with van der Waals surface area (Å²) >= 11 is 0. The maximum Gasteiger partial charge on any atom is 0.168 e. The number of aryl methyl sites for hydroxylation is 1. The Kier molecular flexibility index (Phi) is 4.49. The molecule has 108 valence electrons. The van der Waals surface area contributed by atoms with E-state index in [1.54, 1.807) is 0 Å². The molecule has 5 nitrogen and oxygen atoms in total. The summed E-state index contributed by atoms with van der Waals surface area (Å²) in [5.41, 5.74) is 1.23. The molecular formula is C15H23N5. The van der Waals surface area contributed by atoms with E-state index in [9.17, 15) is 0 Å². The van der Waals surface area contributed by atoms with E-state index in [1.165, 1.54) is 5.56 Å². The third kappa shape index (κ3) is 3.22. The largest absolute Gasteiger partial charge is 0.311 e. The SMILES string of the molecule is CNC(C)c1nnnn1C(C)(C)CCc1ccccc1. The highest BCUT2D eigenvalue weighted by Crippen LogP contribution is 2.24. The van der Waals surface area contributed by atoms with Gasteiger partial charge in [-0.15, -0.1) is 5.10 Å². The van der Waals surface area contributed by atoms with E-state index in [4.69, 9.17) is 0 Å². The molecule has 0 aliphatic rings. The quantitative estimate of drug-likeness (QED) is 0.877. The van der Waals surface area contributed by atoms with Gasteiger partial charge in [-0.3, -0.25) is 0 Å². The fourth-order valence-corrected chi connectivity index (χ4v) is 2.23. The van der Waals surface area contributed by atoms with Crippen molar-refractivity contribution in [2.24, 2.45) is 0 Å². The Morgan fingerprint density at radius 3 is 2.60 bits per heavy atom. The molecule has 0 fully saturated rings. The minimum absolute atomic E-state index is 0.111. The van der Waals surface area contributed by atoms with Crippen LogP contribution in [-0.2, 0) is 12.0 Å². The molecule has 1 atom stereocenters. The summed E-state index contributed by atoms with van der Waals surface area (Å²) in [7, 11) is 1.92. The first-order valence-electron chi connectivity index (χ1n) is 7.04. The molecule has 1 heterocycles. The lowest BCUT2D eigenvalue weighted by atomic mass is 9.95. The molecule has 2 aromatic rings. The monoisotopic (exact) mass is 273 g/mol. The van der Waals surface area contributed by atoms with Gasteiger partial charge >= 0.3 is 0 Å². The van der Waals surface area contributed by atoms with Gasteiger partial charge in [0.15, 0.2) is 5.82 Å². The van der Waals surface area contributed by atoms with Gasteiger partial charge in [0.2, 0.25) is 0 Å². The zero-order valence-corrected chi connectivity index (χ0v) is 12.7. The lowest BCUT2D eigenvalue weighted by Crippen LogP contribution is -2.32. The Morgan fingerprint density at radius 1 is 1.25 bits per heavy atom. The first kappa shape index (κ1) is 14.7. The molecule has 0 amide bonds. The second-order valence-corrected chi connectivity index (χ2v) is 5.76. The van der Waals surface area contributed by atoms with Gasteiger partial charge in [0.25, 0.3) is 0 Å². The average molecular weight is 273 g/mol. The number of aromatic nitrogens is 4. The van der Waals surface area contributed by atoms with Crippen LogP contribution in [0.15, 0.2) is 30.3 Å². The summed E-state index contributed by atoms with van der Waals surface area (Å²) in [6.07, 6.45) is 2.01. The highest BCUT2D eigenvalue weighted by molar-refractivity contribution is 5.15. The van der Waals surface area contributed by atoms with Crippen LogP contribution in [0.3, 0.4) is 0 Å². The molecule has 1 aromatic heterocycles. The Bertz CT molecular complexity index is 532. The molecule has 0 saturated carbocycles. The van der Waals surface area contributed by atoms with Crippen LogP contribution in [0.5, 0.6) is 0 Å². The number of hydrogen-bond donors (Lipinski definition) is 1. The Morgan fingerprint density at radius 2 is 1.95 bits per heavy atom. The van der Waals surface area contributed by atoms with Gasteiger partial charge in [0, 0.05) is 0 Å². The molecule has 0 spiro atoms. The summed E-state index contributed by atoms with van der Waals surface area (Å²) in [5, 5.41) is 15.4. The molecule has 0 saturated heterocycles. The van der Waals surface area contributed by atoms with Crippen molar-refractivity contribution >= 4 is 0 Å². The van der Waals surface area contributed by atoms with Crippen molar-refractivity contribution in [3.8, 4) is 0 Å². The maximum absolute atomic E-state index is 4.18. The number of nitrogens with zero attached hydrogens (tertiary/aromatic N) is 4. The number of hydrogen-bond acceptors (Lipinski definition) is 4. The van der Waals surface area contributed by atoms with E-state index < -0.39 is 0 Å². The van der Waals surface area contributed by atoms with E-state index in [-0.39, 0.29) is 11.6 Å². The summed E-state index contributed by atoms with van der Waals surface area (Å²) in [5.74, 6) is 0.880. The Balaban J connectivity index is 2.12. The van der Waals surface area contributed by atoms with Crippen LogP contribution < -0.4 is 5.32 Å². The third-order valence-corrected chi connectivity index (χ3v) is 3.76. The lowest BCUT2D eigenvalue weighted by Gasteiger charge is -2.27. The fourth-order valence-electron chi connectivity index (χ4n) is 2.23. The van der Waals surface area contributed by atoms with Gasteiger partial charge < -0.3 is 5.32 Å². The number of rotatable bonds is 6. The minimum Gasteiger partial charge on any atom is -0.311 e. The maximum atomic E-state index is 4.18. The average Bonchev–Trinajstić information content (AvgIpc) is 2.96. The second-order valence-electron chi connectivity index (χ2n) is 5.76. The second kappa shape index (κ2) is 6.13. The fraction of sp³-hybridized carbons (Fsp3) is 0.533. The summed E-state index contributed by atoms with van der Waals surface area (Å²) in [4.78, 5) is 0. The van der Waals surface area contributed by atoms with Crippen molar-refractivity contribution in [1.82, 2.24) is 25.5 Å². The van der Waals surface area contributed by atoms with Gasteiger partial charge in [-0.25, -0.2) is 4.68 Å². The first-order chi connectivity index (χ1) is 9.54. The van der Waals surface area contributed by atoms with E-state index in [0.29, 0.717) is 0 Å². The van der Waals surface area contributed by atoms with Gasteiger partial charge in [-0.2, -0.15) is 0 Å². The van der Waals surface area contributed by atoms with Crippen LogP contribution >= 0.6 is 0 Å². The Hall–Kier alpha value is -1.75. The van der Waals surface area contributed by atoms with Crippen molar-refractivity contribution in [1.29, 1.82) is 0 Å². The minimum atomic E-state index is -0.111. The van der Waals surface area contributed by atoms with Gasteiger partial charge in [0.05, 0.1) is 11.6 Å². The van der Waals surface area contributed by atoms with Crippen LogP contribution in [0, 0.1) is 0 Å². The normalized spacial score (nSPS) is 13.4. The Labute approximate surface area is 120 Å². The smallest absolute Gasteiger partial charge is 0.168 e. The summed E-state index contributed by atoms with van der Waals surface area (Å²) in [6.45, 7) is 6.42. The molecule has 0 radical (unpaired) electrons. The van der Waals surface area contributed by atoms with E-state index in [0.717, 1.165) is 18.7 Å². The number of tetrazole rings is 1. The predicted octanol–water partition coefficient (Wildman–Crippen LogP) is 2.32. The molecule has 2 rings (SSSR count). The van der Waals surface area contributed by atoms with E-state index in [1.807, 2.05) is 17.8 Å². The number of benzene rings is 1. The highest BCUT2D eigenvalue weighted by Gasteiger charge is 2.26. The number of nitrogens with one attached hydrogen (secondary N) is 1. The molecule has 1 aromatic carbocycles. The van der Waals surface area contributed by atoms with Crippen LogP contribution in [-0.4, -0.2) is 27.3 Å². The van der Waals surface area contributed by atoms with Crippen LogP contribution in [0.1, 0.15) is 44.6 Å². The van der Waals surface area contributed by atoms with Crippen LogP contribution in [0.2, 0.25) is 0 Å². The predicted molar refractivity (Wildman–Crippen MR) is 79.4 cm³/mol.